The Bertz CT molecular complexity index is 3880. The fourth-order valence-electron chi connectivity index (χ4n) is 12.1. The van der Waals surface area contributed by atoms with Gasteiger partial charge in [-0.15, -0.1) is 0 Å². The van der Waals surface area contributed by atoms with Gasteiger partial charge in [0, 0.05) is 56.5 Å². The summed E-state index contributed by atoms with van der Waals surface area (Å²) in [5.74, 6) is 1.68. The Kier molecular flexibility index (Phi) is 33.7. The van der Waals surface area contributed by atoms with Gasteiger partial charge >= 0.3 is 0 Å². The molecule has 0 aliphatic heterocycles. The van der Waals surface area contributed by atoms with Crippen molar-refractivity contribution in [1.29, 1.82) is 0 Å². The second kappa shape index (κ2) is 41.7. The van der Waals surface area contributed by atoms with Crippen molar-refractivity contribution in [3.63, 3.8) is 0 Å². The number of para-hydroxylation sites is 2. The average Bonchev–Trinajstić information content (AvgIpc) is 0.789. The number of nitrogens with zero attached hydrogens (tertiary/aromatic N) is 2. The topological polar surface area (TPSA) is 65.2 Å². The molecule has 8 heteroatoms. The maximum Gasteiger partial charge on any atom is 0.128 e. The first-order valence-electron chi connectivity index (χ1n) is 35.6. The standard InChI is InChI=1S/C47H62N2O2.2C18H15P.2C6H5.2Ni/c1-28(2)36-22-32(23-37(29(3)4)42(36)48-26-34-17-15-19-40(44(34)50)46(9,10)11)21-33-24-38(30(5)6)43(39(25-33)31(7)8)49-27-35-18-16-20-41(45(35)51)47(12,13)14;2*1-4-10-16(11-5-1)19(17-12-6-2-7-13-17)18-14-8-3-9-15-18;2*1-2-4-6-5-3-1;;/h15-20,22-31,50-51H,21H2,1-14H3;2*1-15H;2*1-5H;;/q;;;2*-1;;/p+2. The quantitative estimate of drug-likeness (QED) is 0.0438. The van der Waals surface area contributed by atoms with Gasteiger partial charge < -0.3 is 10.2 Å². The van der Waals surface area contributed by atoms with Crippen LogP contribution in [0.15, 0.2) is 313 Å². The zero-order valence-electron chi connectivity index (χ0n) is 62.5. The van der Waals surface area contributed by atoms with Crippen LogP contribution in [0.25, 0.3) is 0 Å². The van der Waals surface area contributed by atoms with Crippen LogP contribution in [-0.4, -0.2) is 22.6 Å². The van der Waals surface area contributed by atoms with Gasteiger partial charge in [0.25, 0.3) is 0 Å². The minimum Gasteiger partial charge on any atom is -0.507 e. The number of phenolic OH excluding ortho intramolecular Hbond substituents is 2. The molecule has 0 radical (unpaired) electrons. The van der Waals surface area contributed by atoms with E-state index in [0.29, 0.717) is 11.5 Å². The Labute approximate surface area is 640 Å². The number of hydrogen-bond acceptors (Lipinski definition) is 4. The summed E-state index contributed by atoms with van der Waals surface area (Å²) in [5.41, 5.74) is 12.4. The number of rotatable bonds is 16. The maximum absolute atomic E-state index is 11.1. The molecule has 0 saturated heterocycles. The van der Waals surface area contributed by atoms with E-state index in [0.717, 1.165) is 40.0 Å². The largest absolute Gasteiger partial charge is 0.507 e. The first-order valence-corrected chi connectivity index (χ1v) is 38.6. The molecule has 12 aromatic carbocycles. The molecule has 536 valence electrons. The first-order chi connectivity index (χ1) is 48.6. The Morgan fingerprint density at radius 1 is 0.320 bits per heavy atom. The van der Waals surface area contributed by atoms with E-state index in [1.165, 1.54) is 65.2 Å². The summed E-state index contributed by atoms with van der Waals surface area (Å²) in [6.07, 6.45) is 4.47. The molecule has 12 rings (SSSR count). The predicted molar refractivity (Wildman–Crippen MR) is 444 cm³/mol. The molecule has 0 heterocycles. The molecule has 0 fully saturated rings. The van der Waals surface area contributed by atoms with Crippen LogP contribution in [0.4, 0.5) is 11.4 Å². The van der Waals surface area contributed by atoms with Crippen molar-refractivity contribution in [1.82, 2.24) is 0 Å². The van der Waals surface area contributed by atoms with Crippen molar-refractivity contribution in [2.45, 2.75) is 138 Å². The summed E-state index contributed by atoms with van der Waals surface area (Å²) in [4.78, 5) is 10.2. The monoisotopic (exact) mass is 1480 g/mol. The van der Waals surface area contributed by atoms with E-state index in [9.17, 15) is 10.2 Å². The molecule has 103 heavy (non-hydrogen) atoms. The van der Waals surface area contributed by atoms with Crippen LogP contribution < -0.4 is 31.8 Å². The number of aromatic hydroxyl groups is 2. The molecule has 12 aromatic rings. The third-order valence-corrected chi connectivity index (χ3v) is 22.8. The van der Waals surface area contributed by atoms with Gasteiger partial charge in [-0.2, -0.15) is 72.8 Å². The molecule has 0 saturated carbocycles. The molecule has 4 nitrogen and oxygen atoms in total. The van der Waals surface area contributed by atoms with E-state index in [4.69, 9.17) is 9.98 Å². The molecule has 2 N–H and O–H groups in total. The summed E-state index contributed by atoms with van der Waals surface area (Å²) >= 11 is 0. The average molecular weight is 1490 g/mol. The van der Waals surface area contributed by atoms with Gasteiger partial charge in [0.1, 0.15) is 43.3 Å². The van der Waals surface area contributed by atoms with Crippen LogP contribution in [0, 0.1) is 12.1 Å². The van der Waals surface area contributed by atoms with E-state index in [2.05, 4.69) is 315 Å². The summed E-state index contributed by atoms with van der Waals surface area (Å²) < 4.78 is 0. The number of phenols is 2. The third-order valence-electron chi connectivity index (χ3n) is 17.4. The van der Waals surface area contributed by atoms with Crippen LogP contribution in [0.3, 0.4) is 0 Å². The second-order valence-electron chi connectivity index (χ2n) is 28.6. The summed E-state index contributed by atoms with van der Waals surface area (Å²) in [6.45, 7) is 30.5. The Balaban J connectivity index is 0.000000256. The van der Waals surface area contributed by atoms with Crippen LogP contribution in [0.5, 0.6) is 11.5 Å². The predicted octanol–water partition coefficient (Wildman–Crippen LogP) is 22.6. The molecule has 0 unspecified atom stereocenters. The Hall–Kier alpha value is -8.57. The van der Waals surface area contributed by atoms with Crippen molar-refractivity contribution in [3.8, 4) is 11.5 Å². The van der Waals surface area contributed by atoms with Crippen LogP contribution in [0.2, 0.25) is 0 Å². The summed E-state index contributed by atoms with van der Waals surface area (Å²) in [7, 11) is -1.75. The van der Waals surface area contributed by atoms with E-state index in [-0.39, 0.29) is 67.5 Å². The van der Waals surface area contributed by atoms with Crippen LogP contribution >= 0.6 is 15.8 Å². The van der Waals surface area contributed by atoms with Crippen molar-refractivity contribution >= 4 is 71.5 Å². The zero-order valence-corrected chi connectivity index (χ0v) is 66.4. The maximum atomic E-state index is 11.1. The zero-order chi connectivity index (χ0) is 72.3. The molecular weight excluding hydrogens is 1380 g/mol. The fraction of sp³-hybridized carbons (Fsp3) is 0.221. The molecular formula is C95H104N2Ni2O2P2. The Morgan fingerprint density at radius 2 is 0.544 bits per heavy atom. The normalized spacial score (nSPS) is 11.2. The van der Waals surface area contributed by atoms with Gasteiger partial charge in [-0.3, -0.25) is 9.98 Å². The van der Waals surface area contributed by atoms with Gasteiger partial charge in [0.05, 0.1) is 27.2 Å². The number of hydrogen-bond donors (Lipinski definition) is 2. The summed E-state index contributed by atoms with van der Waals surface area (Å²) in [6, 6.07) is 111. The Morgan fingerprint density at radius 3 is 0.728 bits per heavy atom. The fourth-order valence-corrected chi connectivity index (χ4v) is 17.3. The molecule has 0 atom stereocenters. The molecule has 0 aliphatic rings. The number of aliphatic imine (C=N–C) groups is 2. The molecule has 0 spiro atoms. The van der Waals surface area contributed by atoms with Gasteiger partial charge in [-0.1, -0.05) is 255 Å². The van der Waals surface area contributed by atoms with Gasteiger partial charge in [-0.25, -0.2) is 0 Å². The molecule has 0 aromatic heterocycles. The van der Waals surface area contributed by atoms with Crippen molar-refractivity contribution in [3.05, 3.63) is 371 Å². The first kappa shape index (κ1) is 83.4. The van der Waals surface area contributed by atoms with E-state index in [1.807, 2.05) is 109 Å². The minimum atomic E-state index is -0.877. The summed E-state index contributed by atoms with van der Waals surface area (Å²) in [5, 5.41) is 30.9. The molecule has 0 amide bonds. The molecule has 0 aliphatic carbocycles. The van der Waals surface area contributed by atoms with Crippen molar-refractivity contribution in [2.24, 2.45) is 9.98 Å². The van der Waals surface area contributed by atoms with E-state index >= 15 is 0 Å². The minimum absolute atomic E-state index is 0. The van der Waals surface area contributed by atoms with Crippen molar-refractivity contribution in [2.75, 3.05) is 0 Å². The van der Waals surface area contributed by atoms with Gasteiger partial charge in [0.2, 0.25) is 0 Å². The van der Waals surface area contributed by atoms with E-state index in [1.54, 1.807) is 0 Å². The van der Waals surface area contributed by atoms with Crippen molar-refractivity contribution < 1.29 is 43.2 Å². The molecule has 0 bridgehead atoms. The van der Waals surface area contributed by atoms with Gasteiger partial charge in [0.15, 0.2) is 0 Å². The SMILES string of the molecule is CC(C)c1cc(Cc2cc(C(C)C)c(N=Cc3cccc(C(C)(C)C)c3O)c(C(C)C)c2)cc(C(C)C)c1N=Cc1cccc(C(C)(C)C)c1O.[Ni].[Ni].[c-]1ccccc1.[c-]1ccccc1.c1ccc([PH+](c2ccccc2)c2ccccc2)cc1.c1ccc([PH+](c2ccccc2)c2ccccc2)cc1. The smallest absolute Gasteiger partial charge is 0.128 e. The number of benzene rings is 12. The van der Waals surface area contributed by atoms with Crippen LogP contribution in [0.1, 0.15) is 176 Å². The second-order valence-corrected chi connectivity index (χ2v) is 33.6. The van der Waals surface area contributed by atoms with Crippen LogP contribution in [-0.2, 0) is 50.2 Å². The van der Waals surface area contributed by atoms with Gasteiger partial charge in [-0.05, 0) is 170 Å². The van der Waals surface area contributed by atoms with E-state index < -0.39 is 15.8 Å². The third kappa shape index (κ3) is 24.8.